The Kier molecular flexibility index (Phi) is 6.27. The Hall–Kier alpha value is -1.72. The molecule has 3 heterocycles. The lowest BCUT2D eigenvalue weighted by Crippen LogP contribution is -2.82. The predicted molar refractivity (Wildman–Crippen MR) is 137 cm³/mol. The number of carbonyl (C=O) groups excluding carboxylic acids is 1. The number of nitrogens with two attached hydrogens (primary N) is 1. The van der Waals surface area contributed by atoms with Crippen molar-refractivity contribution in [1.29, 1.82) is 0 Å². The molecule has 2 aliphatic carbocycles. The summed E-state index contributed by atoms with van der Waals surface area (Å²) in [5.74, 6) is 1.85. The molecular weight excluding hydrogens is 438 g/mol. The first-order valence-corrected chi connectivity index (χ1v) is 14.6. The number of hydrogen-bond acceptors (Lipinski definition) is 3. The molecule has 2 saturated heterocycles. The number of hydrogen-bond donors (Lipinski definition) is 1. The van der Waals surface area contributed by atoms with Crippen LogP contribution in [0.1, 0.15) is 84.8 Å². The molecular formula is C29H40N3OS+. The third kappa shape index (κ3) is 3.93. The van der Waals surface area contributed by atoms with Crippen molar-refractivity contribution in [2.75, 3.05) is 19.6 Å². The number of aromatic nitrogens is 1. The molecule has 1 unspecified atom stereocenters. The summed E-state index contributed by atoms with van der Waals surface area (Å²) >= 11 is 1.88. The monoisotopic (exact) mass is 478 g/mol. The smallest absolute Gasteiger partial charge is 0.232 e. The van der Waals surface area contributed by atoms with Crippen molar-refractivity contribution in [2.45, 2.75) is 88.5 Å². The molecule has 6 rings (SSSR count). The second-order valence-corrected chi connectivity index (χ2v) is 12.6. The molecule has 3 fully saturated rings. The molecule has 1 aromatic carbocycles. The fraction of sp³-hybridized carbons (Fsp3) is 0.655. The third-order valence-electron chi connectivity index (χ3n) is 9.56. The maximum atomic E-state index is 14.5. The largest absolute Gasteiger partial charge is 0.345 e. The van der Waals surface area contributed by atoms with Gasteiger partial charge in [0.15, 0.2) is 0 Å². The van der Waals surface area contributed by atoms with E-state index in [1.165, 1.54) is 59.7 Å². The Morgan fingerprint density at radius 1 is 1.12 bits per heavy atom. The predicted octanol–water partition coefficient (Wildman–Crippen LogP) is 4.57. The van der Waals surface area contributed by atoms with Crippen LogP contribution in [0.3, 0.4) is 0 Å². The summed E-state index contributed by atoms with van der Waals surface area (Å²) in [7, 11) is 0. The van der Waals surface area contributed by atoms with E-state index in [9.17, 15) is 4.79 Å². The van der Waals surface area contributed by atoms with E-state index in [2.05, 4.69) is 47.5 Å². The van der Waals surface area contributed by atoms with Crippen LogP contribution in [0, 0.1) is 18.8 Å². The maximum absolute atomic E-state index is 14.5. The van der Waals surface area contributed by atoms with Crippen LogP contribution in [-0.2, 0) is 16.6 Å². The topological polar surface area (TPSA) is 49.8 Å². The summed E-state index contributed by atoms with van der Waals surface area (Å²) in [6.07, 6.45) is 12.3. The van der Waals surface area contributed by atoms with E-state index in [4.69, 9.17) is 4.98 Å². The molecule has 0 radical (unpaired) electrons. The van der Waals surface area contributed by atoms with Gasteiger partial charge < -0.3 is 10.2 Å². The van der Waals surface area contributed by atoms with Crippen LogP contribution in [0.15, 0.2) is 30.3 Å². The van der Waals surface area contributed by atoms with Gasteiger partial charge in [0.1, 0.15) is 5.92 Å². The third-order valence-corrected chi connectivity index (χ3v) is 10.8. The lowest BCUT2D eigenvalue weighted by Gasteiger charge is -2.47. The van der Waals surface area contributed by atoms with Crippen molar-refractivity contribution in [2.24, 2.45) is 11.8 Å². The minimum absolute atomic E-state index is 0.0178. The molecule has 1 saturated carbocycles. The summed E-state index contributed by atoms with van der Waals surface area (Å²) in [4.78, 5) is 23.2. The van der Waals surface area contributed by atoms with Gasteiger partial charge in [-0.15, -0.1) is 11.3 Å². The van der Waals surface area contributed by atoms with Crippen molar-refractivity contribution in [3.63, 3.8) is 0 Å². The van der Waals surface area contributed by atoms with Gasteiger partial charge in [-0.3, -0.25) is 4.79 Å². The Morgan fingerprint density at radius 2 is 1.94 bits per heavy atom. The van der Waals surface area contributed by atoms with E-state index in [-0.39, 0.29) is 11.3 Å². The number of quaternary nitrogens is 1. The summed E-state index contributed by atoms with van der Waals surface area (Å²) in [5.41, 5.74) is 2.79. The number of carbonyl (C=O) groups is 1. The van der Waals surface area contributed by atoms with Gasteiger partial charge in [-0.2, -0.15) is 0 Å². The van der Waals surface area contributed by atoms with Crippen LogP contribution in [0.2, 0.25) is 0 Å². The summed E-state index contributed by atoms with van der Waals surface area (Å²) in [6, 6.07) is 11.5. The molecule has 2 aromatic rings. The van der Waals surface area contributed by atoms with E-state index >= 15 is 0 Å². The first-order valence-electron chi connectivity index (χ1n) is 13.8. The van der Waals surface area contributed by atoms with Crippen molar-refractivity contribution in [3.8, 4) is 0 Å². The highest BCUT2D eigenvalue weighted by Crippen LogP contribution is 2.48. The van der Waals surface area contributed by atoms with Crippen LogP contribution >= 0.6 is 11.3 Å². The van der Waals surface area contributed by atoms with Gasteiger partial charge in [-0.05, 0) is 69.3 Å². The molecule has 4 aliphatic rings. The van der Waals surface area contributed by atoms with E-state index < -0.39 is 0 Å². The van der Waals surface area contributed by atoms with Crippen LogP contribution in [0.5, 0.6) is 0 Å². The first kappa shape index (κ1) is 22.7. The average Bonchev–Trinajstić information content (AvgIpc) is 3.48. The van der Waals surface area contributed by atoms with E-state index in [1.54, 1.807) is 0 Å². The van der Waals surface area contributed by atoms with E-state index in [0.717, 1.165) is 45.3 Å². The van der Waals surface area contributed by atoms with Gasteiger partial charge in [-0.25, -0.2) is 4.98 Å². The fourth-order valence-corrected chi connectivity index (χ4v) is 9.17. The van der Waals surface area contributed by atoms with E-state index in [1.807, 2.05) is 11.3 Å². The van der Waals surface area contributed by atoms with Crippen LogP contribution < -0.4 is 5.32 Å². The molecule has 182 valence electrons. The zero-order valence-corrected chi connectivity index (χ0v) is 21.5. The number of rotatable bonds is 3. The Balaban J connectivity index is 1.30. The molecule has 1 aromatic heterocycles. The minimum Gasteiger partial charge on any atom is -0.345 e. The molecule has 0 bridgehead atoms. The second-order valence-electron chi connectivity index (χ2n) is 11.4. The molecule has 4 atom stereocenters. The highest BCUT2D eigenvalue weighted by Gasteiger charge is 2.56. The summed E-state index contributed by atoms with van der Waals surface area (Å²) < 4.78 is 0. The molecule has 5 heteroatoms. The Morgan fingerprint density at radius 3 is 2.76 bits per heavy atom. The molecule has 34 heavy (non-hydrogen) atoms. The molecule has 4 nitrogen and oxygen atoms in total. The standard InChI is InChI=1S/C29H39N3OS/c1-20-31-25-13-8-15-29(27(25)34-20)19-30-18-24(29)28(33)32-16-14-23(21-9-4-2-5-10-21)17-26(32)22-11-6-3-7-12-22/h2,4-5,9-10,22-24,26,30H,3,6-8,11-19H2,1H3/p+1/t23-,24?,26+,29-/m1/s1. The zero-order chi connectivity index (χ0) is 23.1. The average molecular weight is 479 g/mol. The number of amides is 1. The minimum atomic E-state index is 0.0178. The maximum Gasteiger partial charge on any atom is 0.232 e. The highest BCUT2D eigenvalue weighted by atomic mass is 32.1. The van der Waals surface area contributed by atoms with Crippen molar-refractivity contribution < 1.29 is 10.1 Å². The molecule has 1 spiro atoms. The molecule has 2 aliphatic heterocycles. The summed E-state index contributed by atoms with van der Waals surface area (Å²) in [5, 5.41) is 3.60. The van der Waals surface area contributed by atoms with Crippen LogP contribution in [-0.4, -0.2) is 41.5 Å². The molecule has 2 N–H and O–H groups in total. The quantitative estimate of drug-likeness (QED) is 0.702. The number of nitrogens with zero attached hydrogens (tertiary/aromatic N) is 2. The van der Waals surface area contributed by atoms with Gasteiger partial charge in [0.25, 0.3) is 0 Å². The van der Waals surface area contributed by atoms with Crippen molar-refractivity contribution in [3.05, 3.63) is 51.5 Å². The van der Waals surface area contributed by atoms with Gasteiger partial charge in [0.05, 0.1) is 29.2 Å². The van der Waals surface area contributed by atoms with Gasteiger partial charge >= 0.3 is 0 Å². The highest BCUT2D eigenvalue weighted by molar-refractivity contribution is 7.11. The number of thiazole rings is 1. The Labute approximate surface area is 208 Å². The first-order chi connectivity index (χ1) is 16.7. The van der Waals surface area contributed by atoms with Crippen LogP contribution in [0.4, 0.5) is 0 Å². The normalized spacial score (nSPS) is 32.1. The van der Waals surface area contributed by atoms with Crippen LogP contribution in [0.25, 0.3) is 0 Å². The van der Waals surface area contributed by atoms with Crippen molar-refractivity contribution >= 4 is 17.2 Å². The zero-order valence-electron chi connectivity index (χ0n) is 20.7. The number of benzene rings is 1. The SMILES string of the molecule is Cc1nc2c(s1)[C@]1(CCC2)C[NH2+]CC1C(=O)N1CC[C@@H](c2ccccc2)C[C@H]1C1CCCCC1. The lowest BCUT2D eigenvalue weighted by atomic mass is 9.68. The molecule has 1 amide bonds. The number of likely N-dealkylation sites (tertiary alicyclic amines) is 1. The lowest BCUT2D eigenvalue weighted by molar-refractivity contribution is -0.640. The van der Waals surface area contributed by atoms with Crippen molar-refractivity contribution in [1.82, 2.24) is 9.88 Å². The second kappa shape index (κ2) is 9.39. The fourth-order valence-electron chi connectivity index (χ4n) is 7.92. The van der Waals surface area contributed by atoms with E-state index in [0.29, 0.717) is 23.8 Å². The number of fused-ring (bicyclic) bond motifs is 2. The van der Waals surface area contributed by atoms with Gasteiger partial charge in [0, 0.05) is 17.5 Å². The number of piperidine rings is 1. The Bertz CT molecular complexity index is 1010. The number of aryl methyl sites for hydroxylation is 2. The van der Waals surface area contributed by atoms with Gasteiger partial charge in [0.2, 0.25) is 5.91 Å². The summed E-state index contributed by atoms with van der Waals surface area (Å²) in [6.45, 7) is 5.08. The van der Waals surface area contributed by atoms with Gasteiger partial charge in [-0.1, -0.05) is 49.6 Å².